The summed E-state index contributed by atoms with van der Waals surface area (Å²) in [6, 6.07) is 11.1. The summed E-state index contributed by atoms with van der Waals surface area (Å²) in [6.07, 6.45) is -0.989. The van der Waals surface area contributed by atoms with Crippen LogP contribution in [0.1, 0.15) is 73.4 Å². The summed E-state index contributed by atoms with van der Waals surface area (Å²) >= 11 is 6.33. The van der Waals surface area contributed by atoms with Crippen molar-refractivity contribution in [3.05, 3.63) is 64.2 Å². The van der Waals surface area contributed by atoms with Crippen molar-refractivity contribution in [2.75, 3.05) is 38.1 Å². The van der Waals surface area contributed by atoms with Crippen LogP contribution in [0.2, 0.25) is 5.02 Å². The van der Waals surface area contributed by atoms with E-state index in [4.69, 9.17) is 11.6 Å². The zero-order valence-corrected chi connectivity index (χ0v) is 24.6. The number of carbonyl (C=O) groups excluding carboxylic acids is 2. The molecule has 2 aliphatic rings. The molecule has 2 N–H and O–H groups in total. The Labute approximate surface area is 244 Å². The van der Waals surface area contributed by atoms with Gasteiger partial charge in [0.2, 0.25) is 0 Å². The smallest absolute Gasteiger partial charge is 0.371 e. The maximum absolute atomic E-state index is 14.2. The first kappa shape index (κ1) is 31.2. The van der Waals surface area contributed by atoms with Crippen molar-refractivity contribution < 1.29 is 27.9 Å². The molecule has 0 aromatic heterocycles. The number of rotatable bonds is 7. The molecule has 2 aromatic carbocycles. The van der Waals surface area contributed by atoms with Crippen LogP contribution in [0.25, 0.3) is 0 Å². The zero-order valence-electron chi connectivity index (χ0n) is 23.8. The minimum Gasteiger partial charge on any atom is -0.371 e. The van der Waals surface area contributed by atoms with Crippen molar-refractivity contribution in [1.29, 1.82) is 0 Å². The van der Waals surface area contributed by atoms with E-state index < -0.39 is 23.2 Å². The number of piperidine rings is 2. The molecule has 41 heavy (non-hydrogen) atoms. The first-order valence-electron chi connectivity index (χ1n) is 14.3. The van der Waals surface area contributed by atoms with Crippen LogP contribution in [-0.4, -0.2) is 61.2 Å². The van der Waals surface area contributed by atoms with E-state index in [0.717, 1.165) is 38.0 Å². The Morgan fingerprint density at radius 1 is 1.00 bits per heavy atom. The van der Waals surface area contributed by atoms with Crippen molar-refractivity contribution in [3.63, 3.8) is 0 Å². The molecule has 2 aliphatic heterocycles. The second-order valence-electron chi connectivity index (χ2n) is 11.6. The number of aliphatic hydroxyl groups is 1. The highest BCUT2D eigenvalue weighted by atomic mass is 35.5. The molecular weight excluding hydrogens is 555 g/mol. The first-order valence-corrected chi connectivity index (χ1v) is 14.7. The summed E-state index contributed by atoms with van der Waals surface area (Å²) < 4.78 is 42.7. The molecule has 1 unspecified atom stereocenters. The fraction of sp³-hybridized carbons (Fsp3) is 0.548. The molecule has 0 saturated carbocycles. The molecule has 2 fully saturated rings. The second-order valence-corrected chi connectivity index (χ2v) is 12.0. The number of benzene rings is 2. The van der Waals surface area contributed by atoms with Crippen molar-refractivity contribution >= 4 is 29.1 Å². The largest absolute Gasteiger partial charge is 0.430 e. The minimum absolute atomic E-state index is 0.0440. The van der Waals surface area contributed by atoms with E-state index in [0.29, 0.717) is 40.8 Å². The molecule has 2 heterocycles. The monoisotopic (exact) mass is 593 g/mol. The van der Waals surface area contributed by atoms with Gasteiger partial charge in [0.25, 0.3) is 17.4 Å². The Kier molecular flexibility index (Phi) is 9.59. The lowest BCUT2D eigenvalue weighted by molar-refractivity contribution is -0.262. The molecule has 0 radical (unpaired) electrons. The van der Waals surface area contributed by atoms with Crippen molar-refractivity contribution in [1.82, 2.24) is 10.2 Å². The Morgan fingerprint density at radius 3 is 2.15 bits per heavy atom. The molecule has 1 atom stereocenters. The van der Waals surface area contributed by atoms with E-state index in [9.17, 15) is 27.9 Å². The molecule has 0 spiro atoms. The van der Waals surface area contributed by atoms with Gasteiger partial charge in [-0.3, -0.25) is 9.59 Å². The SMILES string of the molecule is CNC(=O)c1ccc(N2CCC(CC3CCN(C(=O)C(O)(c4cccc(C(C)C)c4)C(F)(F)F)CC3)CC2)cc1Cl. The third kappa shape index (κ3) is 6.67. The van der Waals surface area contributed by atoms with Gasteiger partial charge in [-0.15, -0.1) is 0 Å². The minimum atomic E-state index is -5.14. The topological polar surface area (TPSA) is 72.9 Å². The van der Waals surface area contributed by atoms with Crippen LogP contribution in [0.15, 0.2) is 42.5 Å². The van der Waals surface area contributed by atoms with Gasteiger partial charge in [0, 0.05) is 44.5 Å². The molecule has 10 heteroatoms. The van der Waals surface area contributed by atoms with E-state index in [2.05, 4.69) is 10.2 Å². The molecule has 4 rings (SSSR count). The van der Waals surface area contributed by atoms with Crippen LogP contribution in [0.4, 0.5) is 18.9 Å². The summed E-state index contributed by atoms with van der Waals surface area (Å²) in [4.78, 5) is 28.6. The number of nitrogens with one attached hydrogen (secondary N) is 1. The number of amides is 2. The van der Waals surface area contributed by atoms with E-state index in [1.807, 2.05) is 26.0 Å². The van der Waals surface area contributed by atoms with E-state index in [-0.39, 0.29) is 24.9 Å². The molecule has 0 bridgehead atoms. The summed E-state index contributed by atoms with van der Waals surface area (Å²) in [7, 11) is 1.56. The second kappa shape index (κ2) is 12.6. The number of hydrogen-bond donors (Lipinski definition) is 2. The third-order valence-electron chi connectivity index (χ3n) is 8.66. The van der Waals surface area contributed by atoms with Gasteiger partial charge in [-0.1, -0.05) is 49.7 Å². The number of carbonyl (C=O) groups is 2. The molecular formula is C31H39ClF3N3O3. The molecule has 0 aliphatic carbocycles. The molecule has 2 aromatic rings. The summed E-state index contributed by atoms with van der Waals surface area (Å²) in [5.41, 5.74) is -1.95. The summed E-state index contributed by atoms with van der Waals surface area (Å²) in [6.45, 7) is 5.80. The van der Waals surface area contributed by atoms with Crippen molar-refractivity contribution in [3.8, 4) is 0 Å². The van der Waals surface area contributed by atoms with Gasteiger partial charge in [0.1, 0.15) is 0 Å². The molecule has 6 nitrogen and oxygen atoms in total. The van der Waals surface area contributed by atoms with Crippen LogP contribution >= 0.6 is 11.6 Å². The summed E-state index contributed by atoms with van der Waals surface area (Å²) in [5.74, 6) is -0.752. The number of alkyl halides is 3. The third-order valence-corrected chi connectivity index (χ3v) is 8.98. The Morgan fingerprint density at radius 2 is 1.61 bits per heavy atom. The van der Waals surface area contributed by atoms with Gasteiger partial charge in [-0.25, -0.2) is 0 Å². The van der Waals surface area contributed by atoms with Crippen LogP contribution < -0.4 is 10.2 Å². The highest BCUT2D eigenvalue weighted by Crippen LogP contribution is 2.42. The standard InChI is InChI=1S/C31H39ClF3N3O3/c1-20(2)23-5-4-6-24(18-23)30(41,31(33,34)35)29(40)38-15-11-22(12-16-38)17-21-9-13-37(14-10-21)25-7-8-26(27(32)19-25)28(39)36-3/h4-8,18-22,41H,9-17H2,1-3H3,(H,36,39). The summed E-state index contributed by atoms with van der Waals surface area (Å²) in [5, 5.41) is 13.9. The van der Waals surface area contributed by atoms with Gasteiger partial charge in [-0.05, 0) is 73.6 Å². The first-order chi connectivity index (χ1) is 19.3. The lowest BCUT2D eigenvalue weighted by atomic mass is 9.82. The fourth-order valence-electron chi connectivity index (χ4n) is 6.05. The zero-order chi connectivity index (χ0) is 29.9. The highest BCUT2D eigenvalue weighted by Gasteiger charge is 2.62. The normalized spacial score (nSPS) is 18.9. The van der Waals surface area contributed by atoms with Gasteiger partial charge in [0.15, 0.2) is 0 Å². The number of likely N-dealkylation sites (tertiary alicyclic amines) is 1. The Bertz CT molecular complexity index is 1240. The predicted molar refractivity (Wildman–Crippen MR) is 154 cm³/mol. The lowest BCUT2D eigenvalue weighted by Gasteiger charge is -2.40. The average molecular weight is 594 g/mol. The molecule has 2 amide bonds. The number of halogens is 4. The lowest BCUT2D eigenvalue weighted by Crippen LogP contribution is -2.57. The maximum atomic E-state index is 14.2. The predicted octanol–water partition coefficient (Wildman–Crippen LogP) is 6.12. The van der Waals surface area contributed by atoms with E-state index in [1.165, 1.54) is 23.1 Å². The number of nitrogens with zero attached hydrogens (tertiary/aromatic N) is 2. The van der Waals surface area contributed by atoms with Gasteiger partial charge in [0.05, 0.1) is 10.6 Å². The fourth-order valence-corrected chi connectivity index (χ4v) is 6.31. The highest BCUT2D eigenvalue weighted by molar-refractivity contribution is 6.34. The quantitative estimate of drug-likeness (QED) is 0.406. The van der Waals surface area contributed by atoms with Crippen molar-refractivity contribution in [2.45, 2.75) is 63.6 Å². The maximum Gasteiger partial charge on any atom is 0.430 e. The molecule has 224 valence electrons. The Hall–Kier alpha value is -2.78. The van der Waals surface area contributed by atoms with E-state index in [1.54, 1.807) is 19.2 Å². The van der Waals surface area contributed by atoms with Crippen LogP contribution in [0.5, 0.6) is 0 Å². The van der Waals surface area contributed by atoms with Crippen molar-refractivity contribution in [2.24, 2.45) is 11.8 Å². The Balaban J connectivity index is 1.32. The van der Waals surface area contributed by atoms with Gasteiger partial charge >= 0.3 is 6.18 Å². The van der Waals surface area contributed by atoms with Crippen LogP contribution in [-0.2, 0) is 10.4 Å². The van der Waals surface area contributed by atoms with E-state index >= 15 is 0 Å². The number of anilines is 1. The van der Waals surface area contributed by atoms with Gasteiger partial charge in [-0.2, -0.15) is 13.2 Å². The number of hydrogen-bond acceptors (Lipinski definition) is 4. The van der Waals surface area contributed by atoms with Crippen LogP contribution in [0, 0.1) is 11.8 Å². The average Bonchev–Trinajstić information content (AvgIpc) is 2.96. The van der Waals surface area contributed by atoms with Gasteiger partial charge < -0.3 is 20.2 Å². The van der Waals surface area contributed by atoms with Crippen LogP contribution in [0.3, 0.4) is 0 Å². The molecule has 2 saturated heterocycles.